The van der Waals surface area contributed by atoms with Crippen molar-refractivity contribution in [3.8, 4) is 5.88 Å². The number of aromatic nitrogens is 2. The van der Waals surface area contributed by atoms with Crippen LogP contribution in [0.4, 0.5) is 5.69 Å². The third kappa shape index (κ3) is 3.15. The number of hydrogen-bond donors (Lipinski definition) is 0. The zero-order valence-corrected chi connectivity index (χ0v) is 13.0. The first-order chi connectivity index (χ1) is 11.0. The zero-order chi connectivity index (χ0) is 16.4. The van der Waals surface area contributed by atoms with Crippen molar-refractivity contribution < 1.29 is 9.66 Å². The Morgan fingerprint density at radius 2 is 1.96 bits per heavy atom. The number of hydrogen-bond acceptors (Lipinski definition) is 4. The molecule has 0 aliphatic rings. The number of fused-ring (bicyclic) bond motifs is 1. The molecule has 6 nitrogen and oxygen atoms in total. The molecule has 0 N–H and O–H groups in total. The van der Waals surface area contributed by atoms with Crippen LogP contribution in [0.2, 0.25) is 0 Å². The van der Waals surface area contributed by atoms with Crippen LogP contribution in [0.3, 0.4) is 0 Å². The third-order valence-electron chi connectivity index (χ3n) is 3.41. The van der Waals surface area contributed by atoms with Gasteiger partial charge >= 0.3 is 0 Å². The van der Waals surface area contributed by atoms with E-state index >= 15 is 0 Å². The summed E-state index contributed by atoms with van der Waals surface area (Å²) in [6.07, 6.45) is -0.0521. The predicted molar refractivity (Wildman–Crippen MR) is 87.7 cm³/mol. The standard InChI is InChI=1S/C17H17N3O3/c1-12(2)23-17-15-10-14(20(21)22)8-9-16(15)18-19(17)11-13-6-4-3-5-7-13/h3-10,12H,11H2,1-2H3. The van der Waals surface area contributed by atoms with Gasteiger partial charge in [0.2, 0.25) is 5.88 Å². The van der Waals surface area contributed by atoms with E-state index in [0.29, 0.717) is 23.3 Å². The van der Waals surface area contributed by atoms with Crippen molar-refractivity contribution in [1.29, 1.82) is 0 Å². The third-order valence-corrected chi connectivity index (χ3v) is 3.41. The summed E-state index contributed by atoms with van der Waals surface area (Å²) in [7, 11) is 0. The number of nitro groups is 1. The van der Waals surface area contributed by atoms with Gasteiger partial charge in [-0.15, -0.1) is 0 Å². The Bertz CT molecular complexity index is 841. The predicted octanol–water partition coefficient (Wildman–Crippen LogP) is 3.78. The monoisotopic (exact) mass is 311 g/mol. The van der Waals surface area contributed by atoms with Crippen LogP contribution in [0, 0.1) is 10.1 Å². The average Bonchev–Trinajstić information content (AvgIpc) is 2.84. The molecule has 0 atom stereocenters. The lowest BCUT2D eigenvalue weighted by Crippen LogP contribution is -2.11. The highest BCUT2D eigenvalue weighted by molar-refractivity contribution is 5.86. The molecule has 3 rings (SSSR count). The Morgan fingerprint density at radius 3 is 2.61 bits per heavy atom. The van der Waals surface area contributed by atoms with Crippen molar-refractivity contribution in [2.24, 2.45) is 0 Å². The number of ether oxygens (including phenoxy) is 1. The first-order valence-electron chi connectivity index (χ1n) is 7.40. The van der Waals surface area contributed by atoms with Gasteiger partial charge in [-0.1, -0.05) is 30.3 Å². The zero-order valence-electron chi connectivity index (χ0n) is 13.0. The van der Waals surface area contributed by atoms with Crippen LogP contribution in [-0.2, 0) is 6.54 Å². The van der Waals surface area contributed by atoms with Gasteiger partial charge in [0.1, 0.15) is 0 Å². The second-order valence-corrected chi connectivity index (χ2v) is 5.57. The minimum absolute atomic E-state index is 0.0327. The summed E-state index contributed by atoms with van der Waals surface area (Å²) in [4.78, 5) is 10.6. The van der Waals surface area contributed by atoms with Crippen molar-refractivity contribution in [2.75, 3.05) is 0 Å². The van der Waals surface area contributed by atoms with E-state index in [0.717, 1.165) is 5.56 Å². The lowest BCUT2D eigenvalue weighted by molar-refractivity contribution is -0.384. The lowest BCUT2D eigenvalue weighted by atomic mass is 10.2. The van der Waals surface area contributed by atoms with Gasteiger partial charge in [-0.05, 0) is 25.5 Å². The second-order valence-electron chi connectivity index (χ2n) is 5.57. The topological polar surface area (TPSA) is 70.2 Å². The highest BCUT2D eigenvalue weighted by Crippen LogP contribution is 2.30. The molecule has 0 radical (unpaired) electrons. The molecule has 1 heterocycles. The Labute approximate surface area is 133 Å². The van der Waals surface area contributed by atoms with Crippen LogP contribution in [0.1, 0.15) is 19.4 Å². The van der Waals surface area contributed by atoms with E-state index in [4.69, 9.17) is 4.74 Å². The number of benzene rings is 2. The molecule has 23 heavy (non-hydrogen) atoms. The molecule has 0 aliphatic heterocycles. The molecule has 1 aromatic heterocycles. The van der Waals surface area contributed by atoms with Crippen LogP contribution in [0.15, 0.2) is 48.5 Å². The second kappa shape index (κ2) is 6.08. The molecule has 0 bridgehead atoms. The summed E-state index contributed by atoms with van der Waals surface area (Å²) >= 11 is 0. The highest BCUT2D eigenvalue weighted by atomic mass is 16.6. The van der Waals surface area contributed by atoms with Gasteiger partial charge < -0.3 is 4.74 Å². The van der Waals surface area contributed by atoms with E-state index in [2.05, 4.69) is 5.10 Å². The molecule has 2 aromatic carbocycles. The minimum Gasteiger partial charge on any atom is -0.475 e. The van der Waals surface area contributed by atoms with Crippen molar-refractivity contribution in [3.63, 3.8) is 0 Å². The van der Waals surface area contributed by atoms with Crippen LogP contribution in [-0.4, -0.2) is 20.8 Å². The van der Waals surface area contributed by atoms with Gasteiger partial charge in [0.15, 0.2) is 0 Å². The fourth-order valence-electron chi connectivity index (χ4n) is 2.42. The fourth-order valence-corrected chi connectivity index (χ4v) is 2.42. The van der Waals surface area contributed by atoms with Crippen molar-refractivity contribution >= 4 is 16.6 Å². The lowest BCUT2D eigenvalue weighted by Gasteiger charge is -2.12. The summed E-state index contributed by atoms with van der Waals surface area (Å²) in [6.45, 7) is 4.39. The van der Waals surface area contributed by atoms with Crippen LogP contribution >= 0.6 is 0 Å². The van der Waals surface area contributed by atoms with Crippen molar-refractivity contribution in [1.82, 2.24) is 9.78 Å². The van der Waals surface area contributed by atoms with Gasteiger partial charge in [0.05, 0.1) is 28.5 Å². The van der Waals surface area contributed by atoms with Crippen LogP contribution in [0.5, 0.6) is 5.88 Å². The van der Waals surface area contributed by atoms with Gasteiger partial charge in [-0.3, -0.25) is 10.1 Å². The summed E-state index contributed by atoms with van der Waals surface area (Å²) in [5.74, 6) is 0.558. The molecule has 3 aromatic rings. The van der Waals surface area contributed by atoms with Gasteiger partial charge in [0.25, 0.3) is 5.69 Å². The largest absolute Gasteiger partial charge is 0.475 e. The molecule has 0 unspecified atom stereocenters. The number of nitro benzene ring substituents is 1. The normalized spacial score (nSPS) is 11.1. The number of nitrogens with zero attached hydrogens (tertiary/aromatic N) is 3. The molecule has 6 heteroatoms. The van der Waals surface area contributed by atoms with E-state index in [1.54, 1.807) is 10.7 Å². The fraction of sp³-hybridized carbons (Fsp3) is 0.235. The highest BCUT2D eigenvalue weighted by Gasteiger charge is 2.17. The molecule has 0 spiro atoms. The minimum atomic E-state index is -0.410. The molecule has 118 valence electrons. The van der Waals surface area contributed by atoms with E-state index in [-0.39, 0.29) is 11.8 Å². The van der Waals surface area contributed by atoms with Gasteiger partial charge in [0, 0.05) is 12.1 Å². The molecule has 0 saturated heterocycles. The Hall–Kier alpha value is -2.89. The maximum Gasteiger partial charge on any atom is 0.270 e. The molecule has 0 saturated carbocycles. The first kappa shape index (κ1) is 15.0. The number of non-ortho nitro benzene ring substituents is 1. The van der Waals surface area contributed by atoms with Gasteiger partial charge in [-0.25, -0.2) is 4.68 Å². The van der Waals surface area contributed by atoms with E-state index in [1.165, 1.54) is 12.1 Å². The van der Waals surface area contributed by atoms with Crippen LogP contribution < -0.4 is 4.74 Å². The van der Waals surface area contributed by atoms with Gasteiger partial charge in [-0.2, -0.15) is 5.10 Å². The summed E-state index contributed by atoms with van der Waals surface area (Å²) in [5, 5.41) is 16.2. The molecule has 0 aliphatic carbocycles. The maximum atomic E-state index is 11.0. The molecule has 0 amide bonds. The Morgan fingerprint density at radius 1 is 1.22 bits per heavy atom. The van der Waals surface area contributed by atoms with Crippen molar-refractivity contribution in [2.45, 2.75) is 26.5 Å². The van der Waals surface area contributed by atoms with E-state index < -0.39 is 4.92 Å². The average molecular weight is 311 g/mol. The van der Waals surface area contributed by atoms with E-state index in [1.807, 2.05) is 44.2 Å². The summed E-state index contributed by atoms with van der Waals surface area (Å²) in [6, 6.07) is 14.5. The molecule has 0 fully saturated rings. The SMILES string of the molecule is CC(C)Oc1c2cc([N+](=O)[O-])ccc2nn1Cc1ccccc1. The van der Waals surface area contributed by atoms with E-state index in [9.17, 15) is 10.1 Å². The van der Waals surface area contributed by atoms with Crippen LogP contribution in [0.25, 0.3) is 10.9 Å². The smallest absolute Gasteiger partial charge is 0.270 e. The quantitative estimate of drug-likeness (QED) is 0.531. The van der Waals surface area contributed by atoms with Crippen molar-refractivity contribution in [3.05, 3.63) is 64.2 Å². The first-order valence-corrected chi connectivity index (χ1v) is 7.40. The number of rotatable bonds is 5. The Balaban J connectivity index is 2.10. The molecular formula is C17H17N3O3. The molecular weight excluding hydrogens is 294 g/mol. The summed E-state index contributed by atoms with van der Waals surface area (Å²) in [5.41, 5.74) is 1.80. The maximum absolute atomic E-state index is 11.0. The Kier molecular flexibility index (Phi) is 3.97. The summed E-state index contributed by atoms with van der Waals surface area (Å²) < 4.78 is 7.64.